The van der Waals surface area contributed by atoms with Gasteiger partial charge in [0.25, 0.3) is 0 Å². The van der Waals surface area contributed by atoms with E-state index in [0.29, 0.717) is 0 Å². The lowest BCUT2D eigenvalue weighted by Gasteiger charge is -2.09. The van der Waals surface area contributed by atoms with Crippen molar-refractivity contribution in [1.29, 1.82) is 0 Å². The molecule has 0 unspecified atom stereocenters. The number of unbranched alkanes of at least 4 members (excludes halogenated alkanes) is 1. The van der Waals surface area contributed by atoms with Crippen LogP contribution in [0.1, 0.15) is 12.8 Å². The van der Waals surface area contributed by atoms with Crippen molar-refractivity contribution in [2.75, 3.05) is 12.4 Å². The van der Waals surface area contributed by atoms with Crippen molar-refractivity contribution in [3.8, 4) is 17.2 Å². The van der Waals surface area contributed by atoms with E-state index in [2.05, 4.69) is 15.2 Å². The van der Waals surface area contributed by atoms with Gasteiger partial charge in [-0.25, -0.2) is 0 Å². The Kier molecular flexibility index (Phi) is 5.39. The second-order valence-corrected chi connectivity index (χ2v) is 6.03. The van der Waals surface area contributed by atoms with Crippen LogP contribution < -0.4 is 0 Å². The monoisotopic (exact) mass is 326 g/mol. The average Bonchev–Trinajstić information content (AvgIpc) is 3.04. The molecular weight excluding hydrogens is 308 g/mol. The lowest BCUT2D eigenvalue weighted by Crippen LogP contribution is -2.00. The highest BCUT2D eigenvalue weighted by atomic mass is 32.2. The molecule has 0 aliphatic rings. The van der Waals surface area contributed by atoms with Crippen molar-refractivity contribution in [3.05, 3.63) is 54.7 Å². The number of hydrogen-bond donors (Lipinski definition) is 1. The molecule has 0 fully saturated rings. The summed E-state index contributed by atoms with van der Waals surface area (Å²) in [6, 6.07) is 15.8. The number of aliphatic hydroxyl groups excluding tert-OH is 1. The Hall–Kier alpha value is -2.18. The number of para-hydroxylation sites is 1. The molecule has 23 heavy (non-hydrogen) atoms. The number of aliphatic hydroxyl groups is 1. The van der Waals surface area contributed by atoms with Gasteiger partial charge >= 0.3 is 0 Å². The predicted octanol–water partition coefficient (Wildman–Crippen LogP) is 3.19. The van der Waals surface area contributed by atoms with Gasteiger partial charge in [-0.1, -0.05) is 36.0 Å². The van der Waals surface area contributed by atoms with Crippen LogP contribution in [0.2, 0.25) is 0 Å². The number of rotatable bonds is 7. The highest BCUT2D eigenvalue weighted by molar-refractivity contribution is 7.99. The van der Waals surface area contributed by atoms with Gasteiger partial charge in [-0.15, -0.1) is 10.2 Å². The molecule has 0 radical (unpaired) electrons. The van der Waals surface area contributed by atoms with Crippen molar-refractivity contribution < 1.29 is 5.11 Å². The van der Waals surface area contributed by atoms with Crippen LogP contribution in [0.15, 0.2) is 59.9 Å². The quantitative estimate of drug-likeness (QED) is 0.533. The summed E-state index contributed by atoms with van der Waals surface area (Å²) in [6.45, 7) is 0.227. The first-order chi connectivity index (χ1) is 11.4. The summed E-state index contributed by atoms with van der Waals surface area (Å²) in [5.74, 6) is 1.63. The van der Waals surface area contributed by atoms with Gasteiger partial charge in [-0.3, -0.25) is 9.55 Å². The van der Waals surface area contributed by atoms with Crippen LogP contribution in [-0.2, 0) is 0 Å². The maximum Gasteiger partial charge on any atom is 0.196 e. The lowest BCUT2D eigenvalue weighted by molar-refractivity contribution is 0.287. The van der Waals surface area contributed by atoms with E-state index in [1.54, 1.807) is 18.0 Å². The largest absolute Gasteiger partial charge is 0.396 e. The summed E-state index contributed by atoms with van der Waals surface area (Å²) in [5, 5.41) is 18.4. The smallest absolute Gasteiger partial charge is 0.196 e. The molecule has 0 aliphatic carbocycles. The summed E-state index contributed by atoms with van der Waals surface area (Å²) in [6.07, 6.45) is 3.51. The molecule has 3 aromatic rings. The Morgan fingerprint density at radius 1 is 0.957 bits per heavy atom. The van der Waals surface area contributed by atoms with Crippen LogP contribution in [0.3, 0.4) is 0 Å². The van der Waals surface area contributed by atoms with E-state index in [0.717, 1.165) is 41.0 Å². The van der Waals surface area contributed by atoms with Crippen molar-refractivity contribution in [1.82, 2.24) is 19.7 Å². The minimum Gasteiger partial charge on any atom is -0.396 e. The van der Waals surface area contributed by atoms with Crippen LogP contribution in [0.25, 0.3) is 17.2 Å². The normalized spacial score (nSPS) is 10.8. The number of hydrogen-bond acceptors (Lipinski definition) is 5. The molecule has 0 saturated carbocycles. The van der Waals surface area contributed by atoms with E-state index < -0.39 is 0 Å². The fraction of sp³-hybridized carbons (Fsp3) is 0.235. The molecule has 6 heteroatoms. The van der Waals surface area contributed by atoms with Crippen molar-refractivity contribution in [2.24, 2.45) is 0 Å². The third-order valence-electron chi connectivity index (χ3n) is 3.33. The molecule has 0 saturated heterocycles. The highest BCUT2D eigenvalue weighted by Gasteiger charge is 2.16. The zero-order chi connectivity index (χ0) is 15.9. The molecule has 0 bridgehead atoms. The lowest BCUT2D eigenvalue weighted by atomic mass is 10.3. The average molecular weight is 326 g/mol. The molecule has 5 nitrogen and oxygen atoms in total. The van der Waals surface area contributed by atoms with Crippen molar-refractivity contribution in [2.45, 2.75) is 18.0 Å². The third-order valence-corrected chi connectivity index (χ3v) is 4.34. The molecule has 3 rings (SSSR count). The summed E-state index contributed by atoms with van der Waals surface area (Å²) in [7, 11) is 0. The molecule has 2 aromatic heterocycles. The van der Waals surface area contributed by atoms with Crippen LogP contribution in [-0.4, -0.2) is 37.2 Å². The van der Waals surface area contributed by atoms with Crippen LogP contribution in [0.4, 0.5) is 0 Å². The summed E-state index contributed by atoms with van der Waals surface area (Å²) in [4.78, 5) is 4.39. The van der Waals surface area contributed by atoms with Gasteiger partial charge in [0.1, 0.15) is 5.69 Å². The van der Waals surface area contributed by atoms with Gasteiger partial charge in [0.2, 0.25) is 0 Å². The van der Waals surface area contributed by atoms with Gasteiger partial charge in [0.15, 0.2) is 11.0 Å². The zero-order valence-corrected chi connectivity index (χ0v) is 13.5. The van der Waals surface area contributed by atoms with E-state index in [1.807, 2.05) is 53.1 Å². The first-order valence-electron chi connectivity index (χ1n) is 7.56. The number of nitrogens with zero attached hydrogens (tertiary/aromatic N) is 4. The maximum atomic E-state index is 8.90. The minimum absolute atomic E-state index is 0.227. The Bertz CT molecular complexity index is 731. The summed E-state index contributed by atoms with van der Waals surface area (Å²) in [5.41, 5.74) is 1.81. The van der Waals surface area contributed by atoms with Crippen LogP contribution in [0.5, 0.6) is 0 Å². The zero-order valence-electron chi connectivity index (χ0n) is 12.7. The Labute approximate surface area is 139 Å². The standard InChI is InChI=1S/C17H18N4OS/c22-12-6-7-13-23-17-20-19-16(15-10-4-5-11-18-15)21(17)14-8-2-1-3-9-14/h1-5,8-11,22H,6-7,12-13H2. The number of benzene rings is 1. The number of pyridine rings is 1. The second-order valence-electron chi connectivity index (χ2n) is 4.97. The molecular formula is C17H18N4OS. The third kappa shape index (κ3) is 3.78. The summed E-state index contributed by atoms with van der Waals surface area (Å²) >= 11 is 1.65. The van der Waals surface area contributed by atoms with Gasteiger partial charge in [-0.2, -0.15) is 0 Å². The molecule has 0 aliphatic heterocycles. The molecule has 1 aromatic carbocycles. The Morgan fingerprint density at radius 3 is 2.52 bits per heavy atom. The fourth-order valence-corrected chi connectivity index (χ4v) is 3.16. The first kappa shape index (κ1) is 15.7. The summed E-state index contributed by atoms with van der Waals surface area (Å²) < 4.78 is 2.03. The van der Waals surface area contributed by atoms with Gasteiger partial charge in [-0.05, 0) is 37.1 Å². The SMILES string of the molecule is OCCCCSc1nnc(-c2ccccn2)n1-c1ccccc1. The van der Waals surface area contributed by atoms with Crippen LogP contribution in [0, 0.1) is 0 Å². The van der Waals surface area contributed by atoms with E-state index in [9.17, 15) is 0 Å². The first-order valence-corrected chi connectivity index (χ1v) is 8.54. The minimum atomic E-state index is 0.227. The van der Waals surface area contributed by atoms with E-state index in [1.165, 1.54) is 0 Å². The van der Waals surface area contributed by atoms with E-state index in [4.69, 9.17) is 5.11 Å². The second kappa shape index (κ2) is 7.89. The molecule has 0 amide bonds. The number of thioether (sulfide) groups is 1. The molecule has 0 atom stereocenters. The van der Waals surface area contributed by atoms with E-state index in [-0.39, 0.29) is 6.61 Å². The molecule has 118 valence electrons. The van der Waals surface area contributed by atoms with Crippen molar-refractivity contribution >= 4 is 11.8 Å². The molecule has 1 N–H and O–H groups in total. The fourth-order valence-electron chi connectivity index (χ4n) is 2.21. The van der Waals surface area contributed by atoms with E-state index >= 15 is 0 Å². The number of aromatic nitrogens is 4. The molecule has 2 heterocycles. The van der Waals surface area contributed by atoms with Crippen LogP contribution >= 0.6 is 11.8 Å². The Morgan fingerprint density at radius 2 is 1.78 bits per heavy atom. The molecule has 0 spiro atoms. The van der Waals surface area contributed by atoms with Crippen molar-refractivity contribution in [3.63, 3.8) is 0 Å². The topological polar surface area (TPSA) is 63.8 Å². The highest BCUT2D eigenvalue weighted by Crippen LogP contribution is 2.27. The van der Waals surface area contributed by atoms with Gasteiger partial charge in [0, 0.05) is 24.2 Å². The predicted molar refractivity (Wildman–Crippen MR) is 91.6 cm³/mol. The van der Waals surface area contributed by atoms with Gasteiger partial charge in [0.05, 0.1) is 0 Å². The Balaban J connectivity index is 1.96. The van der Waals surface area contributed by atoms with Gasteiger partial charge < -0.3 is 5.11 Å². The maximum absolute atomic E-state index is 8.90.